The molecule has 0 radical (unpaired) electrons. The standard InChI is InChI=1S/C13H15N3S/c1-4-6-9(3)13-16-10(5-2)11(17-13)12-14-7-8-15-12/h5-8H,2,4H2,1,3H3,(H,14,15)/b9-6+. The van der Waals surface area contributed by atoms with Gasteiger partial charge < -0.3 is 4.98 Å². The van der Waals surface area contributed by atoms with E-state index in [2.05, 4.69) is 41.5 Å². The van der Waals surface area contributed by atoms with Crippen molar-refractivity contribution in [3.05, 3.63) is 35.8 Å². The summed E-state index contributed by atoms with van der Waals surface area (Å²) in [5, 5.41) is 1.04. The van der Waals surface area contributed by atoms with Crippen molar-refractivity contribution in [2.75, 3.05) is 0 Å². The van der Waals surface area contributed by atoms with Crippen LogP contribution in [0.15, 0.2) is 25.0 Å². The lowest BCUT2D eigenvalue weighted by atomic mass is 10.2. The predicted molar refractivity (Wildman–Crippen MR) is 73.7 cm³/mol. The van der Waals surface area contributed by atoms with Crippen molar-refractivity contribution in [2.24, 2.45) is 0 Å². The highest BCUT2D eigenvalue weighted by Gasteiger charge is 2.13. The maximum Gasteiger partial charge on any atom is 0.149 e. The maximum atomic E-state index is 4.58. The Bertz CT molecular complexity index is 535. The van der Waals surface area contributed by atoms with Crippen LogP contribution in [0, 0.1) is 0 Å². The maximum absolute atomic E-state index is 4.58. The fraction of sp³-hybridized carbons (Fsp3) is 0.231. The molecule has 0 aromatic carbocycles. The summed E-state index contributed by atoms with van der Waals surface area (Å²) in [6.45, 7) is 8.01. The molecule has 88 valence electrons. The molecule has 2 heterocycles. The Balaban J connectivity index is 2.47. The average Bonchev–Trinajstić information content (AvgIpc) is 2.97. The van der Waals surface area contributed by atoms with Gasteiger partial charge in [-0.2, -0.15) is 0 Å². The van der Waals surface area contributed by atoms with Gasteiger partial charge in [-0.25, -0.2) is 9.97 Å². The zero-order chi connectivity index (χ0) is 12.3. The predicted octanol–water partition coefficient (Wildman–Crippen LogP) is 3.99. The molecule has 0 atom stereocenters. The van der Waals surface area contributed by atoms with Crippen molar-refractivity contribution in [1.82, 2.24) is 15.0 Å². The van der Waals surface area contributed by atoms with E-state index in [-0.39, 0.29) is 0 Å². The van der Waals surface area contributed by atoms with Gasteiger partial charge in [-0.1, -0.05) is 19.6 Å². The lowest BCUT2D eigenvalue weighted by Gasteiger charge is -1.92. The second kappa shape index (κ2) is 5.10. The third-order valence-corrected chi connectivity index (χ3v) is 3.62. The number of imidazole rings is 1. The van der Waals surface area contributed by atoms with E-state index in [4.69, 9.17) is 0 Å². The second-order valence-electron chi connectivity index (χ2n) is 3.67. The van der Waals surface area contributed by atoms with Gasteiger partial charge in [0.15, 0.2) is 0 Å². The zero-order valence-corrected chi connectivity index (χ0v) is 10.8. The first-order chi connectivity index (χ1) is 8.26. The largest absolute Gasteiger partial charge is 0.344 e. The SMILES string of the molecule is C=Cc1nc(/C(C)=C/CC)sc1-c1ncc[nH]1. The Hall–Kier alpha value is -1.68. The molecule has 2 aromatic rings. The highest BCUT2D eigenvalue weighted by molar-refractivity contribution is 7.16. The molecule has 0 amide bonds. The van der Waals surface area contributed by atoms with Crippen molar-refractivity contribution in [1.29, 1.82) is 0 Å². The molecule has 0 bridgehead atoms. The number of allylic oxidation sites excluding steroid dienone is 2. The molecule has 17 heavy (non-hydrogen) atoms. The first-order valence-corrected chi connectivity index (χ1v) is 6.38. The van der Waals surface area contributed by atoms with Gasteiger partial charge in [-0.3, -0.25) is 0 Å². The number of aromatic amines is 1. The third kappa shape index (κ3) is 2.36. The van der Waals surface area contributed by atoms with Crippen molar-refractivity contribution in [3.8, 4) is 10.7 Å². The summed E-state index contributed by atoms with van der Waals surface area (Å²) < 4.78 is 0. The van der Waals surface area contributed by atoms with Crippen LogP contribution >= 0.6 is 11.3 Å². The van der Waals surface area contributed by atoms with E-state index >= 15 is 0 Å². The number of hydrogen-bond donors (Lipinski definition) is 1. The van der Waals surface area contributed by atoms with Gasteiger partial charge in [0.2, 0.25) is 0 Å². The Morgan fingerprint density at radius 1 is 1.59 bits per heavy atom. The number of rotatable bonds is 4. The van der Waals surface area contributed by atoms with Gasteiger partial charge in [0.25, 0.3) is 0 Å². The topological polar surface area (TPSA) is 41.6 Å². The molecule has 0 fully saturated rings. The van der Waals surface area contributed by atoms with Crippen LogP contribution in [0.3, 0.4) is 0 Å². The van der Waals surface area contributed by atoms with E-state index in [0.29, 0.717) is 0 Å². The normalized spacial score (nSPS) is 11.8. The van der Waals surface area contributed by atoms with Gasteiger partial charge in [0.05, 0.1) is 10.6 Å². The van der Waals surface area contributed by atoms with Crippen molar-refractivity contribution in [2.45, 2.75) is 20.3 Å². The van der Waals surface area contributed by atoms with Crippen LogP contribution in [0.4, 0.5) is 0 Å². The summed E-state index contributed by atoms with van der Waals surface area (Å²) >= 11 is 1.65. The molecular formula is C13H15N3S. The van der Waals surface area contributed by atoms with Gasteiger partial charge in [-0.15, -0.1) is 11.3 Å². The second-order valence-corrected chi connectivity index (χ2v) is 4.67. The molecule has 0 aliphatic carbocycles. The Labute approximate surface area is 105 Å². The fourth-order valence-corrected chi connectivity index (χ4v) is 2.62. The third-order valence-electron chi connectivity index (χ3n) is 2.41. The summed E-state index contributed by atoms with van der Waals surface area (Å²) in [6.07, 6.45) is 8.53. The molecule has 2 aromatic heterocycles. The number of H-pyrrole nitrogens is 1. The minimum absolute atomic E-state index is 0.855. The van der Waals surface area contributed by atoms with E-state index in [0.717, 1.165) is 27.8 Å². The molecule has 0 aliphatic heterocycles. The van der Waals surface area contributed by atoms with E-state index in [9.17, 15) is 0 Å². The van der Waals surface area contributed by atoms with Crippen LogP contribution in [0.1, 0.15) is 31.0 Å². The highest BCUT2D eigenvalue weighted by Crippen LogP contribution is 2.32. The minimum Gasteiger partial charge on any atom is -0.344 e. The van der Waals surface area contributed by atoms with Gasteiger partial charge in [0, 0.05) is 12.4 Å². The van der Waals surface area contributed by atoms with Crippen LogP contribution < -0.4 is 0 Å². The zero-order valence-electron chi connectivity index (χ0n) is 10.0. The number of nitrogens with one attached hydrogen (secondary N) is 1. The number of nitrogens with zero attached hydrogens (tertiary/aromatic N) is 2. The molecule has 3 nitrogen and oxygen atoms in total. The number of hydrogen-bond acceptors (Lipinski definition) is 3. The lowest BCUT2D eigenvalue weighted by Crippen LogP contribution is -1.80. The monoisotopic (exact) mass is 245 g/mol. The first-order valence-electron chi connectivity index (χ1n) is 5.56. The Kier molecular flexibility index (Phi) is 3.54. The number of aromatic nitrogens is 3. The molecule has 0 unspecified atom stereocenters. The van der Waals surface area contributed by atoms with E-state index in [1.54, 1.807) is 23.6 Å². The molecule has 0 spiro atoms. The summed E-state index contributed by atoms with van der Waals surface area (Å²) in [7, 11) is 0. The summed E-state index contributed by atoms with van der Waals surface area (Å²) in [6, 6.07) is 0. The first kappa shape index (κ1) is 11.8. The summed E-state index contributed by atoms with van der Waals surface area (Å²) in [5.41, 5.74) is 2.10. The van der Waals surface area contributed by atoms with Gasteiger partial charge in [0.1, 0.15) is 10.8 Å². The molecule has 0 aliphatic rings. The quantitative estimate of drug-likeness (QED) is 0.884. The molecule has 0 saturated heterocycles. The van der Waals surface area contributed by atoms with E-state index < -0.39 is 0 Å². The van der Waals surface area contributed by atoms with Crippen LogP contribution in [0.25, 0.3) is 22.4 Å². The van der Waals surface area contributed by atoms with Crippen molar-refractivity contribution < 1.29 is 0 Å². The minimum atomic E-state index is 0.855. The number of thiazole rings is 1. The summed E-state index contributed by atoms with van der Waals surface area (Å²) in [4.78, 5) is 13.0. The fourth-order valence-electron chi connectivity index (χ4n) is 1.59. The van der Waals surface area contributed by atoms with Crippen LogP contribution in [-0.4, -0.2) is 15.0 Å². The van der Waals surface area contributed by atoms with Gasteiger partial charge in [-0.05, 0) is 25.0 Å². The average molecular weight is 245 g/mol. The van der Waals surface area contributed by atoms with Gasteiger partial charge >= 0.3 is 0 Å². The Morgan fingerprint density at radius 2 is 2.41 bits per heavy atom. The Morgan fingerprint density at radius 3 is 3.00 bits per heavy atom. The van der Waals surface area contributed by atoms with E-state index in [1.165, 1.54) is 5.57 Å². The van der Waals surface area contributed by atoms with Crippen LogP contribution in [0.2, 0.25) is 0 Å². The van der Waals surface area contributed by atoms with Crippen LogP contribution in [0.5, 0.6) is 0 Å². The van der Waals surface area contributed by atoms with Crippen molar-refractivity contribution in [3.63, 3.8) is 0 Å². The molecule has 0 saturated carbocycles. The molecule has 4 heteroatoms. The molecule has 2 rings (SSSR count). The lowest BCUT2D eigenvalue weighted by molar-refractivity contribution is 1.21. The van der Waals surface area contributed by atoms with Crippen molar-refractivity contribution >= 4 is 23.0 Å². The molecule has 1 N–H and O–H groups in total. The highest BCUT2D eigenvalue weighted by atomic mass is 32.1. The summed E-state index contributed by atoms with van der Waals surface area (Å²) in [5.74, 6) is 0.855. The van der Waals surface area contributed by atoms with E-state index in [1.807, 2.05) is 6.20 Å². The smallest absolute Gasteiger partial charge is 0.149 e. The molecular weight excluding hydrogens is 230 g/mol. The van der Waals surface area contributed by atoms with Crippen LogP contribution in [-0.2, 0) is 0 Å².